The van der Waals surface area contributed by atoms with E-state index in [2.05, 4.69) is 36.1 Å². The van der Waals surface area contributed by atoms with Gasteiger partial charge in [0, 0.05) is 18.3 Å². The number of rotatable bonds is 7. The molecule has 1 N–H and O–H groups in total. The van der Waals surface area contributed by atoms with Gasteiger partial charge in [0.05, 0.1) is 5.38 Å². The van der Waals surface area contributed by atoms with E-state index in [1.807, 2.05) is 6.07 Å². The van der Waals surface area contributed by atoms with Crippen LogP contribution in [0, 0.1) is 5.92 Å². The quantitative estimate of drug-likeness (QED) is 0.758. The maximum Gasteiger partial charge on any atom is 0.129 e. The number of anilines is 1. The first-order valence-corrected chi connectivity index (χ1v) is 6.74. The standard InChI is InChI=1S/C13H22ClN3/c1-4-5-12-7-13(17-9-16-12)15-8-11(14)6-10(2)3/h7,9-11H,4-6,8H2,1-3H3,(H,15,16,17). The predicted octanol–water partition coefficient (Wildman–Crippen LogP) is 3.49. The number of hydrogen-bond acceptors (Lipinski definition) is 3. The Morgan fingerprint density at radius 2 is 2.12 bits per heavy atom. The maximum absolute atomic E-state index is 6.22. The molecular weight excluding hydrogens is 234 g/mol. The van der Waals surface area contributed by atoms with Crippen LogP contribution >= 0.6 is 11.6 Å². The molecule has 1 heterocycles. The highest BCUT2D eigenvalue weighted by atomic mass is 35.5. The van der Waals surface area contributed by atoms with Gasteiger partial charge in [0.25, 0.3) is 0 Å². The highest BCUT2D eigenvalue weighted by Gasteiger charge is 2.07. The molecule has 3 nitrogen and oxygen atoms in total. The summed E-state index contributed by atoms with van der Waals surface area (Å²) in [6.45, 7) is 7.26. The Morgan fingerprint density at radius 3 is 2.76 bits per heavy atom. The summed E-state index contributed by atoms with van der Waals surface area (Å²) in [6.07, 6.45) is 4.72. The fourth-order valence-electron chi connectivity index (χ4n) is 1.70. The van der Waals surface area contributed by atoms with Crippen molar-refractivity contribution in [2.24, 2.45) is 5.92 Å². The molecule has 0 aliphatic rings. The molecule has 0 spiro atoms. The van der Waals surface area contributed by atoms with Crippen LogP contribution in [0.2, 0.25) is 0 Å². The van der Waals surface area contributed by atoms with E-state index < -0.39 is 0 Å². The first kappa shape index (κ1) is 14.2. The Bertz CT molecular complexity index is 328. The monoisotopic (exact) mass is 255 g/mol. The van der Waals surface area contributed by atoms with Crippen molar-refractivity contribution in [1.29, 1.82) is 0 Å². The van der Waals surface area contributed by atoms with Gasteiger partial charge in [0.2, 0.25) is 0 Å². The summed E-state index contributed by atoms with van der Waals surface area (Å²) in [7, 11) is 0. The van der Waals surface area contributed by atoms with Crippen LogP contribution in [0.4, 0.5) is 5.82 Å². The van der Waals surface area contributed by atoms with Crippen LogP contribution in [0.1, 0.15) is 39.3 Å². The number of aryl methyl sites for hydroxylation is 1. The highest BCUT2D eigenvalue weighted by Crippen LogP contribution is 2.12. The van der Waals surface area contributed by atoms with Gasteiger partial charge in [-0.25, -0.2) is 9.97 Å². The molecule has 0 saturated heterocycles. The zero-order valence-corrected chi connectivity index (χ0v) is 11.7. The van der Waals surface area contributed by atoms with Crippen molar-refractivity contribution in [3.05, 3.63) is 18.1 Å². The van der Waals surface area contributed by atoms with Gasteiger partial charge in [-0.15, -0.1) is 11.6 Å². The lowest BCUT2D eigenvalue weighted by Gasteiger charge is -2.13. The Hall–Kier alpha value is -0.830. The zero-order chi connectivity index (χ0) is 12.7. The van der Waals surface area contributed by atoms with E-state index in [-0.39, 0.29) is 5.38 Å². The van der Waals surface area contributed by atoms with Gasteiger partial charge in [-0.3, -0.25) is 0 Å². The number of halogens is 1. The summed E-state index contributed by atoms with van der Waals surface area (Å²) >= 11 is 6.22. The maximum atomic E-state index is 6.22. The minimum Gasteiger partial charge on any atom is -0.368 e. The van der Waals surface area contributed by atoms with E-state index in [1.165, 1.54) is 0 Å². The van der Waals surface area contributed by atoms with Crippen molar-refractivity contribution in [2.45, 2.75) is 45.4 Å². The summed E-state index contributed by atoms with van der Waals surface area (Å²) in [5, 5.41) is 3.42. The Labute approximate surface area is 109 Å². The van der Waals surface area contributed by atoms with Gasteiger partial charge in [-0.2, -0.15) is 0 Å². The average molecular weight is 256 g/mol. The topological polar surface area (TPSA) is 37.8 Å². The summed E-state index contributed by atoms with van der Waals surface area (Å²) in [6, 6.07) is 2.00. The van der Waals surface area contributed by atoms with Gasteiger partial charge < -0.3 is 5.32 Å². The molecule has 4 heteroatoms. The Morgan fingerprint density at radius 1 is 1.35 bits per heavy atom. The minimum absolute atomic E-state index is 0.152. The molecule has 0 fully saturated rings. The fourth-order valence-corrected chi connectivity index (χ4v) is 2.13. The Kier molecular flexibility index (Phi) is 6.27. The van der Waals surface area contributed by atoms with Crippen molar-refractivity contribution < 1.29 is 0 Å². The van der Waals surface area contributed by atoms with Gasteiger partial charge in [-0.05, 0) is 18.8 Å². The van der Waals surface area contributed by atoms with Crippen LogP contribution in [-0.2, 0) is 6.42 Å². The number of aromatic nitrogens is 2. The molecule has 1 rings (SSSR count). The van der Waals surface area contributed by atoms with E-state index in [0.29, 0.717) is 5.92 Å². The number of nitrogens with one attached hydrogen (secondary N) is 1. The van der Waals surface area contributed by atoms with E-state index in [0.717, 1.165) is 37.3 Å². The number of alkyl halides is 1. The van der Waals surface area contributed by atoms with E-state index in [4.69, 9.17) is 11.6 Å². The third-order valence-electron chi connectivity index (χ3n) is 2.46. The molecule has 0 saturated carbocycles. The third-order valence-corrected chi connectivity index (χ3v) is 2.79. The molecular formula is C13H22ClN3. The second-order valence-electron chi connectivity index (χ2n) is 4.75. The molecule has 1 aromatic heterocycles. The number of nitrogens with zero attached hydrogens (tertiary/aromatic N) is 2. The van der Waals surface area contributed by atoms with Crippen molar-refractivity contribution >= 4 is 17.4 Å². The van der Waals surface area contributed by atoms with Crippen LogP contribution < -0.4 is 5.32 Å². The second kappa shape index (κ2) is 7.49. The summed E-state index contributed by atoms with van der Waals surface area (Å²) in [5.74, 6) is 1.50. The predicted molar refractivity (Wildman–Crippen MR) is 73.6 cm³/mol. The second-order valence-corrected chi connectivity index (χ2v) is 5.37. The van der Waals surface area contributed by atoms with Crippen LogP contribution in [0.5, 0.6) is 0 Å². The van der Waals surface area contributed by atoms with Gasteiger partial charge in [0.15, 0.2) is 0 Å². The molecule has 0 radical (unpaired) electrons. The first-order chi connectivity index (χ1) is 8.11. The molecule has 0 aliphatic carbocycles. The van der Waals surface area contributed by atoms with E-state index in [1.54, 1.807) is 6.33 Å². The summed E-state index contributed by atoms with van der Waals surface area (Å²) in [4.78, 5) is 8.41. The van der Waals surface area contributed by atoms with Crippen LogP contribution in [-0.4, -0.2) is 21.9 Å². The number of hydrogen-bond donors (Lipinski definition) is 1. The normalized spacial score (nSPS) is 12.8. The van der Waals surface area contributed by atoms with Crippen LogP contribution in [0.15, 0.2) is 12.4 Å². The summed E-state index contributed by atoms with van der Waals surface area (Å²) < 4.78 is 0. The minimum atomic E-state index is 0.152. The van der Waals surface area contributed by atoms with Gasteiger partial charge in [0.1, 0.15) is 12.1 Å². The molecule has 1 atom stereocenters. The lowest BCUT2D eigenvalue weighted by atomic mass is 10.1. The largest absolute Gasteiger partial charge is 0.368 e. The Balaban J connectivity index is 2.43. The molecule has 96 valence electrons. The molecule has 0 amide bonds. The molecule has 17 heavy (non-hydrogen) atoms. The SMILES string of the molecule is CCCc1cc(NCC(Cl)CC(C)C)ncn1. The first-order valence-electron chi connectivity index (χ1n) is 6.30. The van der Waals surface area contributed by atoms with E-state index >= 15 is 0 Å². The third kappa shape index (κ3) is 5.87. The molecule has 0 bridgehead atoms. The highest BCUT2D eigenvalue weighted by molar-refractivity contribution is 6.20. The lowest BCUT2D eigenvalue weighted by molar-refractivity contribution is 0.572. The summed E-state index contributed by atoms with van der Waals surface area (Å²) in [5.41, 5.74) is 1.08. The zero-order valence-electron chi connectivity index (χ0n) is 10.9. The van der Waals surface area contributed by atoms with Crippen molar-refractivity contribution in [3.8, 4) is 0 Å². The van der Waals surface area contributed by atoms with Crippen LogP contribution in [0.25, 0.3) is 0 Å². The molecule has 0 aromatic carbocycles. The van der Waals surface area contributed by atoms with Crippen molar-refractivity contribution in [2.75, 3.05) is 11.9 Å². The molecule has 0 aliphatic heterocycles. The van der Waals surface area contributed by atoms with Crippen molar-refractivity contribution in [1.82, 2.24) is 9.97 Å². The van der Waals surface area contributed by atoms with Gasteiger partial charge >= 0.3 is 0 Å². The molecule has 1 aromatic rings. The lowest BCUT2D eigenvalue weighted by Crippen LogP contribution is -2.17. The average Bonchev–Trinajstić information content (AvgIpc) is 2.26. The smallest absolute Gasteiger partial charge is 0.129 e. The van der Waals surface area contributed by atoms with E-state index in [9.17, 15) is 0 Å². The molecule has 1 unspecified atom stereocenters. The van der Waals surface area contributed by atoms with Crippen molar-refractivity contribution in [3.63, 3.8) is 0 Å². The fraction of sp³-hybridized carbons (Fsp3) is 0.692. The van der Waals surface area contributed by atoms with Gasteiger partial charge in [-0.1, -0.05) is 27.2 Å². The van der Waals surface area contributed by atoms with Crippen LogP contribution in [0.3, 0.4) is 0 Å².